The average molecular weight is 385 g/mol. The largest absolute Gasteiger partial charge is 0.351 e. The van der Waals surface area contributed by atoms with Crippen LogP contribution >= 0.6 is 0 Å². The minimum atomic E-state index is 0.0486. The van der Waals surface area contributed by atoms with Crippen molar-refractivity contribution in [1.82, 2.24) is 29.9 Å². The van der Waals surface area contributed by atoms with Gasteiger partial charge in [-0.15, -0.1) is 0 Å². The van der Waals surface area contributed by atoms with Crippen molar-refractivity contribution in [3.8, 4) is 0 Å². The van der Waals surface area contributed by atoms with Crippen molar-refractivity contribution in [3.05, 3.63) is 48.0 Å². The highest BCUT2D eigenvalue weighted by molar-refractivity contribution is 5.77. The fourth-order valence-electron chi connectivity index (χ4n) is 4.24. The minimum Gasteiger partial charge on any atom is -0.351 e. The zero-order valence-electron chi connectivity index (χ0n) is 17.2. The Morgan fingerprint density at radius 1 is 1.39 bits per heavy atom. The van der Waals surface area contributed by atoms with E-state index in [0.29, 0.717) is 25.0 Å². The van der Waals surface area contributed by atoms with Crippen molar-refractivity contribution in [2.24, 2.45) is 13.0 Å². The van der Waals surface area contributed by atoms with Gasteiger partial charge in [-0.25, -0.2) is 0 Å². The summed E-state index contributed by atoms with van der Waals surface area (Å²) >= 11 is 0. The number of hydrogen-bond donors (Lipinski definition) is 1. The standard InChI is InChI=1S/C21H32N6O/c1-4-27-10-6-8-18(21(27)19-13-24-26(3)15-19)14-25(2)16-20(28)23-12-17-7-5-9-22-11-17/h5,7,9,11,13,15,18,21H,4,6,8,10,12,14,16H2,1-3H3,(H,23,28)/t18-,21+/m0/s1. The van der Waals surface area contributed by atoms with Gasteiger partial charge in [-0.05, 0) is 50.5 Å². The Morgan fingerprint density at radius 2 is 2.25 bits per heavy atom. The molecule has 1 fully saturated rings. The molecule has 2 aromatic rings. The molecule has 1 aliphatic rings. The number of aryl methyl sites for hydroxylation is 1. The molecule has 1 saturated heterocycles. The highest BCUT2D eigenvalue weighted by Gasteiger charge is 2.33. The smallest absolute Gasteiger partial charge is 0.234 e. The second-order valence-corrected chi connectivity index (χ2v) is 7.76. The van der Waals surface area contributed by atoms with Gasteiger partial charge in [0.15, 0.2) is 0 Å². The molecule has 2 atom stereocenters. The molecule has 28 heavy (non-hydrogen) atoms. The first-order chi connectivity index (χ1) is 13.6. The van der Waals surface area contributed by atoms with E-state index in [2.05, 4.69) is 38.3 Å². The summed E-state index contributed by atoms with van der Waals surface area (Å²) in [6.07, 6.45) is 10.0. The zero-order valence-corrected chi connectivity index (χ0v) is 17.2. The van der Waals surface area contributed by atoms with Crippen LogP contribution in [-0.4, -0.2) is 63.7 Å². The van der Waals surface area contributed by atoms with E-state index in [9.17, 15) is 4.79 Å². The number of nitrogens with one attached hydrogen (secondary N) is 1. The topological polar surface area (TPSA) is 66.3 Å². The predicted octanol–water partition coefficient (Wildman–Crippen LogP) is 1.84. The van der Waals surface area contributed by atoms with Crippen molar-refractivity contribution in [2.75, 3.05) is 33.2 Å². The van der Waals surface area contributed by atoms with E-state index in [0.717, 1.165) is 25.2 Å². The van der Waals surface area contributed by atoms with Crippen LogP contribution in [-0.2, 0) is 18.4 Å². The van der Waals surface area contributed by atoms with Crippen LogP contribution < -0.4 is 5.32 Å². The third-order valence-electron chi connectivity index (χ3n) is 5.50. The summed E-state index contributed by atoms with van der Waals surface area (Å²) in [6, 6.07) is 4.22. The van der Waals surface area contributed by atoms with Crippen LogP contribution in [0.4, 0.5) is 0 Å². The lowest BCUT2D eigenvalue weighted by molar-refractivity contribution is -0.122. The van der Waals surface area contributed by atoms with Gasteiger partial charge in [0.25, 0.3) is 0 Å². The lowest BCUT2D eigenvalue weighted by atomic mass is 9.85. The lowest BCUT2D eigenvalue weighted by Crippen LogP contribution is -2.44. The highest BCUT2D eigenvalue weighted by atomic mass is 16.2. The molecular formula is C21H32N6O. The van der Waals surface area contributed by atoms with Gasteiger partial charge in [-0.2, -0.15) is 5.10 Å². The summed E-state index contributed by atoms with van der Waals surface area (Å²) in [4.78, 5) is 21.1. The van der Waals surface area contributed by atoms with Gasteiger partial charge >= 0.3 is 0 Å². The quantitative estimate of drug-likeness (QED) is 0.752. The van der Waals surface area contributed by atoms with Crippen molar-refractivity contribution in [1.29, 1.82) is 0 Å². The number of carbonyl (C=O) groups excluding carboxylic acids is 1. The number of rotatable bonds is 8. The Hall–Kier alpha value is -2.25. The number of nitrogens with zero attached hydrogens (tertiary/aromatic N) is 5. The van der Waals surface area contributed by atoms with E-state index < -0.39 is 0 Å². The highest BCUT2D eigenvalue weighted by Crippen LogP contribution is 2.36. The molecule has 7 heteroatoms. The maximum absolute atomic E-state index is 12.3. The Labute approximate surface area is 167 Å². The number of piperidine rings is 1. The molecule has 3 rings (SSSR count). The molecule has 7 nitrogen and oxygen atoms in total. The summed E-state index contributed by atoms with van der Waals surface area (Å²) in [6.45, 7) is 6.21. The van der Waals surface area contributed by atoms with E-state index in [4.69, 9.17) is 0 Å². The van der Waals surface area contributed by atoms with E-state index in [1.54, 1.807) is 12.4 Å². The van der Waals surface area contributed by atoms with Gasteiger partial charge in [-0.1, -0.05) is 13.0 Å². The second kappa shape index (κ2) is 9.80. The molecule has 152 valence electrons. The average Bonchev–Trinajstić information content (AvgIpc) is 3.12. The maximum atomic E-state index is 12.3. The Kier molecular flexibility index (Phi) is 7.17. The number of amides is 1. The van der Waals surface area contributed by atoms with Crippen LogP contribution in [0.15, 0.2) is 36.9 Å². The van der Waals surface area contributed by atoms with Gasteiger partial charge in [0.05, 0.1) is 12.7 Å². The van der Waals surface area contributed by atoms with Gasteiger partial charge in [0.1, 0.15) is 0 Å². The molecule has 0 aliphatic carbocycles. The lowest BCUT2D eigenvalue weighted by Gasteiger charge is -2.42. The van der Waals surface area contributed by atoms with Crippen molar-refractivity contribution < 1.29 is 4.79 Å². The third kappa shape index (κ3) is 5.39. The summed E-state index contributed by atoms with van der Waals surface area (Å²) < 4.78 is 1.88. The van der Waals surface area contributed by atoms with Crippen LogP contribution in [0.2, 0.25) is 0 Å². The fourth-order valence-corrected chi connectivity index (χ4v) is 4.24. The monoisotopic (exact) mass is 384 g/mol. The molecule has 0 bridgehead atoms. The van der Waals surface area contributed by atoms with Crippen LogP contribution in [0.25, 0.3) is 0 Å². The molecule has 0 radical (unpaired) electrons. The summed E-state index contributed by atoms with van der Waals surface area (Å²) in [5.74, 6) is 0.543. The van der Waals surface area contributed by atoms with E-state index in [-0.39, 0.29) is 5.91 Å². The van der Waals surface area contributed by atoms with Gasteiger partial charge in [-0.3, -0.25) is 24.3 Å². The number of likely N-dealkylation sites (N-methyl/N-ethyl adjacent to an activating group) is 1. The summed E-state index contributed by atoms with van der Waals surface area (Å²) in [5.41, 5.74) is 2.30. The number of aromatic nitrogens is 3. The van der Waals surface area contributed by atoms with Crippen LogP contribution in [0.1, 0.15) is 36.9 Å². The molecule has 0 saturated carbocycles. The number of pyridine rings is 1. The first kappa shape index (κ1) is 20.5. The SMILES string of the molecule is CCN1CCC[C@@H](CN(C)CC(=O)NCc2cccnc2)[C@@H]1c1cnn(C)c1. The van der Waals surface area contributed by atoms with Gasteiger partial charge in [0, 0.05) is 50.3 Å². The predicted molar refractivity (Wildman–Crippen MR) is 110 cm³/mol. The molecule has 1 amide bonds. The summed E-state index contributed by atoms with van der Waals surface area (Å²) in [5, 5.41) is 7.37. The normalized spacial score (nSPS) is 20.4. The van der Waals surface area contributed by atoms with Crippen molar-refractivity contribution in [2.45, 2.75) is 32.4 Å². The second-order valence-electron chi connectivity index (χ2n) is 7.76. The van der Waals surface area contributed by atoms with Crippen LogP contribution in [0, 0.1) is 5.92 Å². The number of likely N-dealkylation sites (tertiary alicyclic amines) is 1. The summed E-state index contributed by atoms with van der Waals surface area (Å²) in [7, 11) is 4.01. The molecule has 0 spiro atoms. The molecule has 3 heterocycles. The maximum Gasteiger partial charge on any atom is 0.234 e. The molecule has 0 aromatic carbocycles. The molecular weight excluding hydrogens is 352 g/mol. The van der Waals surface area contributed by atoms with Crippen molar-refractivity contribution in [3.63, 3.8) is 0 Å². The molecule has 0 unspecified atom stereocenters. The third-order valence-corrected chi connectivity index (χ3v) is 5.50. The number of carbonyl (C=O) groups is 1. The van der Waals surface area contributed by atoms with E-state index >= 15 is 0 Å². The first-order valence-corrected chi connectivity index (χ1v) is 10.1. The van der Waals surface area contributed by atoms with E-state index in [1.807, 2.05) is 37.1 Å². The van der Waals surface area contributed by atoms with E-state index in [1.165, 1.54) is 18.4 Å². The number of hydrogen-bond acceptors (Lipinski definition) is 5. The van der Waals surface area contributed by atoms with Gasteiger partial charge in [0.2, 0.25) is 5.91 Å². The van der Waals surface area contributed by atoms with Crippen LogP contribution in [0.5, 0.6) is 0 Å². The van der Waals surface area contributed by atoms with Gasteiger partial charge < -0.3 is 5.32 Å². The minimum absolute atomic E-state index is 0.0486. The van der Waals surface area contributed by atoms with Crippen LogP contribution in [0.3, 0.4) is 0 Å². The Bertz CT molecular complexity index is 746. The Balaban J connectivity index is 1.56. The zero-order chi connectivity index (χ0) is 19.9. The van der Waals surface area contributed by atoms with Crippen molar-refractivity contribution >= 4 is 5.91 Å². The molecule has 2 aromatic heterocycles. The first-order valence-electron chi connectivity index (χ1n) is 10.1. The molecule has 1 N–H and O–H groups in total. The fraction of sp³-hybridized carbons (Fsp3) is 0.571. The Morgan fingerprint density at radius 3 is 2.93 bits per heavy atom. The molecule has 1 aliphatic heterocycles.